The summed E-state index contributed by atoms with van der Waals surface area (Å²) in [5, 5.41) is 7.81. The first-order valence-corrected chi connectivity index (χ1v) is 6.19. The fourth-order valence-electron chi connectivity index (χ4n) is 2.06. The van der Waals surface area contributed by atoms with E-state index in [1.165, 1.54) is 6.07 Å². The molecular weight excluding hydrogens is 253 g/mol. The lowest BCUT2D eigenvalue weighted by Gasteiger charge is -2.19. The Labute approximate surface area is 111 Å². The highest BCUT2D eigenvalue weighted by Crippen LogP contribution is 2.29. The summed E-state index contributed by atoms with van der Waals surface area (Å²) >= 11 is 6.15. The van der Waals surface area contributed by atoms with Crippen molar-refractivity contribution < 1.29 is 4.39 Å². The second-order valence-electron chi connectivity index (χ2n) is 3.94. The molecule has 3 nitrogen and oxygen atoms in total. The SMILES string of the molecule is CCn1ncc(Cl)c1C(NC)c1ccccc1F. The third kappa shape index (κ3) is 2.26. The molecule has 0 aliphatic heterocycles. The molecule has 1 unspecified atom stereocenters. The highest BCUT2D eigenvalue weighted by molar-refractivity contribution is 6.31. The molecule has 1 aromatic heterocycles. The Kier molecular flexibility index (Phi) is 3.99. The van der Waals surface area contributed by atoms with Crippen molar-refractivity contribution in [3.63, 3.8) is 0 Å². The monoisotopic (exact) mass is 267 g/mol. The smallest absolute Gasteiger partial charge is 0.128 e. The summed E-state index contributed by atoms with van der Waals surface area (Å²) in [6, 6.07) is 6.37. The molecule has 96 valence electrons. The molecule has 0 amide bonds. The lowest BCUT2D eigenvalue weighted by atomic mass is 10.0. The first kappa shape index (κ1) is 13.1. The molecule has 1 aromatic carbocycles. The van der Waals surface area contributed by atoms with Crippen LogP contribution in [-0.4, -0.2) is 16.8 Å². The molecular formula is C13H15ClFN3. The van der Waals surface area contributed by atoms with E-state index in [4.69, 9.17) is 11.6 Å². The van der Waals surface area contributed by atoms with E-state index in [0.29, 0.717) is 17.1 Å². The number of aromatic nitrogens is 2. The molecule has 0 aliphatic carbocycles. The molecule has 2 aromatic rings. The molecule has 1 heterocycles. The summed E-state index contributed by atoms with van der Waals surface area (Å²) in [7, 11) is 1.78. The molecule has 0 bridgehead atoms. The fourth-order valence-corrected chi connectivity index (χ4v) is 2.31. The van der Waals surface area contributed by atoms with Gasteiger partial charge in [0.1, 0.15) is 5.82 Å². The van der Waals surface area contributed by atoms with Crippen LogP contribution >= 0.6 is 11.6 Å². The Morgan fingerprint density at radius 2 is 2.17 bits per heavy atom. The van der Waals surface area contributed by atoms with Crippen LogP contribution in [0.1, 0.15) is 24.2 Å². The van der Waals surface area contributed by atoms with E-state index in [9.17, 15) is 4.39 Å². The number of rotatable bonds is 4. The molecule has 5 heteroatoms. The highest BCUT2D eigenvalue weighted by Gasteiger charge is 2.22. The second kappa shape index (κ2) is 5.50. The Morgan fingerprint density at radius 1 is 1.44 bits per heavy atom. The minimum Gasteiger partial charge on any atom is -0.308 e. The molecule has 0 saturated heterocycles. The van der Waals surface area contributed by atoms with Gasteiger partial charge < -0.3 is 5.32 Å². The molecule has 2 rings (SSSR count). The number of aryl methyl sites for hydroxylation is 1. The van der Waals surface area contributed by atoms with Gasteiger partial charge >= 0.3 is 0 Å². The van der Waals surface area contributed by atoms with Crippen LogP contribution in [0.3, 0.4) is 0 Å². The topological polar surface area (TPSA) is 29.9 Å². The van der Waals surface area contributed by atoms with Crippen molar-refractivity contribution >= 4 is 11.6 Å². The van der Waals surface area contributed by atoms with Gasteiger partial charge in [0.2, 0.25) is 0 Å². The number of hydrogen-bond donors (Lipinski definition) is 1. The van der Waals surface area contributed by atoms with Gasteiger partial charge in [-0.2, -0.15) is 5.10 Å². The van der Waals surface area contributed by atoms with E-state index in [2.05, 4.69) is 10.4 Å². The van der Waals surface area contributed by atoms with Crippen LogP contribution in [0, 0.1) is 5.82 Å². The second-order valence-corrected chi connectivity index (χ2v) is 4.34. The van der Waals surface area contributed by atoms with Gasteiger partial charge in [-0.05, 0) is 20.0 Å². The summed E-state index contributed by atoms with van der Waals surface area (Å²) in [5.41, 5.74) is 1.35. The van der Waals surface area contributed by atoms with Crippen molar-refractivity contribution in [3.8, 4) is 0 Å². The third-order valence-electron chi connectivity index (χ3n) is 2.91. The predicted molar refractivity (Wildman–Crippen MR) is 70.2 cm³/mol. The zero-order valence-corrected chi connectivity index (χ0v) is 11.1. The Hall–Kier alpha value is -1.39. The standard InChI is InChI=1S/C13H15ClFN3/c1-3-18-13(10(14)8-17-18)12(16-2)9-6-4-5-7-11(9)15/h4-8,12,16H,3H2,1-2H3. The lowest BCUT2D eigenvalue weighted by molar-refractivity contribution is 0.533. The summed E-state index contributed by atoms with van der Waals surface area (Å²) in [5.74, 6) is -0.253. The number of hydrogen-bond acceptors (Lipinski definition) is 2. The van der Waals surface area contributed by atoms with Crippen molar-refractivity contribution in [1.29, 1.82) is 0 Å². The van der Waals surface area contributed by atoms with E-state index in [0.717, 1.165) is 5.69 Å². The third-order valence-corrected chi connectivity index (χ3v) is 3.20. The maximum atomic E-state index is 13.9. The number of benzene rings is 1. The maximum Gasteiger partial charge on any atom is 0.128 e. The fraction of sp³-hybridized carbons (Fsp3) is 0.308. The predicted octanol–water partition coefficient (Wildman–Crippen LogP) is 3.00. The number of nitrogens with one attached hydrogen (secondary N) is 1. The van der Waals surface area contributed by atoms with Gasteiger partial charge in [-0.15, -0.1) is 0 Å². The Morgan fingerprint density at radius 3 is 2.78 bits per heavy atom. The summed E-state index contributed by atoms with van der Waals surface area (Å²) in [6.07, 6.45) is 1.59. The van der Waals surface area contributed by atoms with E-state index >= 15 is 0 Å². The van der Waals surface area contributed by atoms with E-state index in [1.807, 2.05) is 13.0 Å². The normalized spacial score (nSPS) is 12.7. The molecule has 0 fully saturated rings. The van der Waals surface area contributed by atoms with Crippen molar-refractivity contribution in [2.45, 2.75) is 19.5 Å². The zero-order valence-electron chi connectivity index (χ0n) is 10.3. The summed E-state index contributed by atoms with van der Waals surface area (Å²) < 4.78 is 15.6. The van der Waals surface area contributed by atoms with E-state index in [-0.39, 0.29) is 11.9 Å². The average Bonchev–Trinajstić information content (AvgIpc) is 2.74. The van der Waals surface area contributed by atoms with Crippen molar-refractivity contribution in [2.24, 2.45) is 0 Å². The zero-order chi connectivity index (χ0) is 13.1. The number of nitrogens with zero attached hydrogens (tertiary/aromatic N) is 2. The number of halogens is 2. The quantitative estimate of drug-likeness (QED) is 0.923. The summed E-state index contributed by atoms with van der Waals surface area (Å²) in [6.45, 7) is 2.66. The van der Waals surface area contributed by atoms with Gasteiger partial charge in [-0.3, -0.25) is 4.68 Å². The maximum absolute atomic E-state index is 13.9. The van der Waals surface area contributed by atoms with Gasteiger partial charge in [0.15, 0.2) is 0 Å². The van der Waals surface area contributed by atoms with Crippen molar-refractivity contribution in [1.82, 2.24) is 15.1 Å². The van der Waals surface area contributed by atoms with Gasteiger partial charge in [-0.25, -0.2) is 4.39 Å². The van der Waals surface area contributed by atoms with Gasteiger partial charge in [0.05, 0.1) is 23.0 Å². The van der Waals surface area contributed by atoms with Gasteiger partial charge in [0.25, 0.3) is 0 Å². The largest absolute Gasteiger partial charge is 0.308 e. The molecule has 0 saturated carbocycles. The molecule has 0 spiro atoms. The van der Waals surface area contributed by atoms with Crippen molar-refractivity contribution in [3.05, 3.63) is 52.6 Å². The van der Waals surface area contributed by atoms with Crippen LogP contribution in [0.25, 0.3) is 0 Å². The molecule has 0 aliphatic rings. The first-order valence-electron chi connectivity index (χ1n) is 5.82. The van der Waals surface area contributed by atoms with Crippen LogP contribution in [0.4, 0.5) is 4.39 Å². The highest BCUT2D eigenvalue weighted by atomic mass is 35.5. The van der Waals surface area contributed by atoms with E-state index < -0.39 is 0 Å². The summed E-state index contributed by atoms with van der Waals surface area (Å²) in [4.78, 5) is 0. The average molecular weight is 268 g/mol. The van der Waals surface area contributed by atoms with Crippen LogP contribution in [0.15, 0.2) is 30.5 Å². The molecule has 1 N–H and O–H groups in total. The molecule has 18 heavy (non-hydrogen) atoms. The van der Waals surface area contributed by atoms with Crippen LogP contribution in [0.5, 0.6) is 0 Å². The minimum atomic E-state index is -0.304. The molecule has 1 atom stereocenters. The minimum absolute atomic E-state index is 0.253. The lowest BCUT2D eigenvalue weighted by Crippen LogP contribution is -2.22. The van der Waals surface area contributed by atoms with Crippen molar-refractivity contribution in [2.75, 3.05) is 7.05 Å². The Bertz CT molecular complexity index is 539. The van der Waals surface area contributed by atoms with Gasteiger partial charge in [-0.1, -0.05) is 29.8 Å². The van der Waals surface area contributed by atoms with E-state index in [1.54, 1.807) is 30.1 Å². The Balaban J connectivity index is 2.52. The van der Waals surface area contributed by atoms with Crippen LogP contribution < -0.4 is 5.32 Å². The molecule has 0 radical (unpaired) electrons. The van der Waals surface area contributed by atoms with Gasteiger partial charge in [0, 0.05) is 12.1 Å². The van der Waals surface area contributed by atoms with Crippen LogP contribution in [0.2, 0.25) is 5.02 Å². The first-order chi connectivity index (χ1) is 8.69. The van der Waals surface area contributed by atoms with Crippen LogP contribution in [-0.2, 0) is 6.54 Å².